The van der Waals surface area contributed by atoms with Crippen LogP contribution in [-0.2, 0) is 4.79 Å². The Morgan fingerprint density at radius 1 is 1.42 bits per heavy atom. The van der Waals surface area contributed by atoms with E-state index in [2.05, 4.69) is 10.3 Å². The van der Waals surface area contributed by atoms with Gasteiger partial charge in [-0.15, -0.1) is 11.3 Å². The monoisotopic (exact) mass is 282 g/mol. The van der Waals surface area contributed by atoms with E-state index in [0.717, 1.165) is 32.1 Å². The number of carboxylic acids is 1. The fourth-order valence-corrected chi connectivity index (χ4v) is 3.38. The molecule has 0 aliphatic heterocycles. The molecule has 1 fully saturated rings. The Bertz CT molecular complexity index is 478. The molecule has 2 N–H and O–H groups in total. The number of aliphatic carboxylic acids is 1. The van der Waals surface area contributed by atoms with Crippen LogP contribution in [0.3, 0.4) is 0 Å². The fourth-order valence-electron chi connectivity index (χ4n) is 2.68. The Kier molecular flexibility index (Phi) is 4.19. The molecule has 1 aromatic heterocycles. The molecule has 0 atom stereocenters. The SMILES string of the molecule is Cc1ncsc1C(=O)NC1(CC(=O)O)CCCCC1. The van der Waals surface area contributed by atoms with E-state index in [9.17, 15) is 9.59 Å². The minimum atomic E-state index is -0.858. The first kappa shape index (κ1) is 14.0. The molecule has 0 saturated heterocycles. The average Bonchev–Trinajstić information content (AvgIpc) is 2.75. The molecule has 6 heteroatoms. The average molecular weight is 282 g/mol. The minimum Gasteiger partial charge on any atom is -0.481 e. The summed E-state index contributed by atoms with van der Waals surface area (Å²) in [7, 11) is 0. The van der Waals surface area contributed by atoms with Crippen LogP contribution in [0.15, 0.2) is 5.51 Å². The fraction of sp³-hybridized carbons (Fsp3) is 0.615. The van der Waals surface area contributed by atoms with Crippen molar-refractivity contribution < 1.29 is 14.7 Å². The van der Waals surface area contributed by atoms with Gasteiger partial charge in [-0.2, -0.15) is 0 Å². The van der Waals surface area contributed by atoms with Crippen molar-refractivity contribution in [1.82, 2.24) is 10.3 Å². The Morgan fingerprint density at radius 3 is 2.63 bits per heavy atom. The summed E-state index contributed by atoms with van der Waals surface area (Å²) < 4.78 is 0. The molecule has 1 amide bonds. The summed E-state index contributed by atoms with van der Waals surface area (Å²) in [5, 5.41) is 12.0. The maximum absolute atomic E-state index is 12.2. The summed E-state index contributed by atoms with van der Waals surface area (Å²) in [4.78, 5) is 27.9. The molecule has 1 aromatic rings. The lowest BCUT2D eigenvalue weighted by molar-refractivity contribution is -0.139. The first-order chi connectivity index (χ1) is 9.02. The number of carbonyl (C=O) groups is 2. The van der Waals surface area contributed by atoms with Gasteiger partial charge in [0.05, 0.1) is 23.2 Å². The van der Waals surface area contributed by atoms with Gasteiger partial charge >= 0.3 is 5.97 Å². The number of thiazole rings is 1. The second kappa shape index (κ2) is 5.69. The van der Waals surface area contributed by atoms with E-state index in [-0.39, 0.29) is 12.3 Å². The van der Waals surface area contributed by atoms with E-state index >= 15 is 0 Å². The number of nitrogens with zero attached hydrogens (tertiary/aromatic N) is 1. The topological polar surface area (TPSA) is 79.3 Å². The van der Waals surface area contributed by atoms with Gasteiger partial charge in [0.25, 0.3) is 5.91 Å². The lowest BCUT2D eigenvalue weighted by atomic mass is 9.79. The Balaban J connectivity index is 2.14. The van der Waals surface area contributed by atoms with Gasteiger partial charge in [0.15, 0.2) is 0 Å². The van der Waals surface area contributed by atoms with Gasteiger partial charge in [-0.25, -0.2) is 4.98 Å². The number of hydrogen-bond acceptors (Lipinski definition) is 4. The van der Waals surface area contributed by atoms with E-state index in [1.165, 1.54) is 11.3 Å². The van der Waals surface area contributed by atoms with Gasteiger partial charge in [0, 0.05) is 0 Å². The normalized spacial score (nSPS) is 17.9. The Labute approximate surface area is 116 Å². The van der Waals surface area contributed by atoms with E-state index in [1.54, 1.807) is 12.4 Å². The summed E-state index contributed by atoms with van der Waals surface area (Å²) in [6.07, 6.45) is 4.52. The van der Waals surface area contributed by atoms with Crippen molar-refractivity contribution in [2.75, 3.05) is 0 Å². The highest BCUT2D eigenvalue weighted by Crippen LogP contribution is 2.31. The molecule has 0 spiro atoms. The van der Waals surface area contributed by atoms with Crippen LogP contribution in [0.5, 0.6) is 0 Å². The van der Waals surface area contributed by atoms with Gasteiger partial charge in [-0.1, -0.05) is 19.3 Å². The summed E-state index contributed by atoms with van der Waals surface area (Å²) >= 11 is 1.29. The zero-order chi connectivity index (χ0) is 13.9. The van der Waals surface area contributed by atoms with Crippen LogP contribution in [0, 0.1) is 6.92 Å². The molecule has 0 unspecified atom stereocenters. The number of rotatable bonds is 4. The molecule has 1 saturated carbocycles. The van der Waals surface area contributed by atoms with Gasteiger partial charge in [0.2, 0.25) is 0 Å². The standard InChI is InChI=1S/C13H18N2O3S/c1-9-11(19-8-14-9)12(18)15-13(7-10(16)17)5-3-2-4-6-13/h8H,2-7H2,1H3,(H,15,18)(H,16,17). The molecule has 104 valence electrons. The lowest BCUT2D eigenvalue weighted by Gasteiger charge is -2.36. The summed E-state index contributed by atoms with van der Waals surface area (Å²) in [6, 6.07) is 0. The molecule has 0 aromatic carbocycles. The third-order valence-electron chi connectivity index (χ3n) is 3.63. The van der Waals surface area contributed by atoms with Crippen molar-refractivity contribution >= 4 is 23.2 Å². The molecule has 19 heavy (non-hydrogen) atoms. The molecular weight excluding hydrogens is 264 g/mol. The highest BCUT2D eigenvalue weighted by atomic mass is 32.1. The first-order valence-electron chi connectivity index (χ1n) is 6.47. The first-order valence-corrected chi connectivity index (χ1v) is 7.35. The smallest absolute Gasteiger partial charge is 0.305 e. The minimum absolute atomic E-state index is 0.00338. The second-order valence-electron chi connectivity index (χ2n) is 5.13. The van der Waals surface area contributed by atoms with E-state index in [0.29, 0.717) is 10.6 Å². The van der Waals surface area contributed by atoms with Gasteiger partial charge < -0.3 is 10.4 Å². The quantitative estimate of drug-likeness (QED) is 0.888. The molecule has 0 radical (unpaired) electrons. The van der Waals surface area contributed by atoms with Crippen LogP contribution in [-0.4, -0.2) is 27.5 Å². The highest BCUT2D eigenvalue weighted by Gasteiger charge is 2.36. The molecule has 1 aliphatic carbocycles. The van der Waals surface area contributed by atoms with E-state index in [1.807, 2.05) is 0 Å². The molecule has 1 aliphatic rings. The number of aryl methyl sites for hydroxylation is 1. The number of amides is 1. The number of nitrogens with one attached hydrogen (secondary N) is 1. The molecule has 2 rings (SSSR count). The van der Waals surface area contributed by atoms with Crippen LogP contribution in [0.1, 0.15) is 53.9 Å². The molecule has 5 nitrogen and oxygen atoms in total. The Morgan fingerprint density at radius 2 is 2.11 bits per heavy atom. The van der Waals surface area contributed by atoms with Crippen molar-refractivity contribution in [2.45, 2.75) is 51.0 Å². The largest absolute Gasteiger partial charge is 0.481 e. The van der Waals surface area contributed by atoms with Crippen LogP contribution < -0.4 is 5.32 Å². The van der Waals surface area contributed by atoms with Crippen LogP contribution in [0.4, 0.5) is 0 Å². The highest BCUT2D eigenvalue weighted by molar-refractivity contribution is 7.11. The Hall–Kier alpha value is -1.43. The van der Waals surface area contributed by atoms with Crippen molar-refractivity contribution in [3.8, 4) is 0 Å². The molecule has 1 heterocycles. The van der Waals surface area contributed by atoms with Crippen molar-refractivity contribution in [2.24, 2.45) is 0 Å². The summed E-state index contributed by atoms with van der Waals surface area (Å²) in [6.45, 7) is 1.79. The third-order valence-corrected chi connectivity index (χ3v) is 4.56. The van der Waals surface area contributed by atoms with E-state index in [4.69, 9.17) is 5.11 Å². The van der Waals surface area contributed by atoms with Crippen LogP contribution in [0.2, 0.25) is 0 Å². The predicted molar refractivity (Wildman–Crippen MR) is 72.4 cm³/mol. The lowest BCUT2D eigenvalue weighted by Crippen LogP contribution is -2.51. The molecule has 0 bridgehead atoms. The number of carboxylic acid groups (broad SMARTS) is 1. The number of hydrogen-bond donors (Lipinski definition) is 2. The summed E-state index contributed by atoms with van der Waals surface area (Å²) in [5.41, 5.74) is 1.75. The predicted octanol–water partition coefficient (Wildman–Crippen LogP) is 2.36. The maximum Gasteiger partial charge on any atom is 0.305 e. The van der Waals surface area contributed by atoms with Gasteiger partial charge in [-0.05, 0) is 19.8 Å². The molecular formula is C13H18N2O3S. The number of aromatic nitrogens is 1. The van der Waals surface area contributed by atoms with Gasteiger partial charge in [0.1, 0.15) is 4.88 Å². The summed E-state index contributed by atoms with van der Waals surface area (Å²) in [5.74, 6) is -1.05. The van der Waals surface area contributed by atoms with Gasteiger partial charge in [-0.3, -0.25) is 9.59 Å². The third kappa shape index (κ3) is 3.32. The zero-order valence-electron chi connectivity index (χ0n) is 10.9. The van der Waals surface area contributed by atoms with Crippen molar-refractivity contribution in [3.05, 3.63) is 16.1 Å². The number of carbonyl (C=O) groups excluding carboxylic acids is 1. The zero-order valence-corrected chi connectivity index (χ0v) is 11.8. The van der Waals surface area contributed by atoms with Crippen LogP contribution >= 0.6 is 11.3 Å². The van der Waals surface area contributed by atoms with E-state index < -0.39 is 11.5 Å². The van der Waals surface area contributed by atoms with Crippen LogP contribution in [0.25, 0.3) is 0 Å². The van der Waals surface area contributed by atoms with Crippen molar-refractivity contribution in [1.29, 1.82) is 0 Å². The maximum atomic E-state index is 12.2. The second-order valence-corrected chi connectivity index (χ2v) is 5.99. The van der Waals surface area contributed by atoms with Crippen molar-refractivity contribution in [3.63, 3.8) is 0 Å².